The van der Waals surface area contributed by atoms with Gasteiger partial charge in [0, 0.05) is 33.9 Å². The highest BCUT2D eigenvalue weighted by Gasteiger charge is 2.17. The molecular formula is C24H21ClN4O. The minimum absolute atomic E-state index is 0.0776. The number of carbonyl (C=O) groups excluding carboxylic acids is 1. The molecule has 2 aromatic carbocycles. The average Bonchev–Trinajstić information content (AvgIpc) is 3.18. The highest BCUT2D eigenvalue weighted by Crippen LogP contribution is 2.27. The van der Waals surface area contributed by atoms with Crippen molar-refractivity contribution < 1.29 is 4.79 Å². The number of benzene rings is 2. The highest BCUT2D eigenvalue weighted by atomic mass is 35.5. The maximum Gasteiger partial charge on any atom is 0.159 e. The first-order valence-electron chi connectivity index (χ1n) is 9.60. The number of nitrogens with zero attached hydrogens (tertiary/aromatic N) is 4. The van der Waals surface area contributed by atoms with Gasteiger partial charge in [0.05, 0.1) is 17.3 Å². The summed E-state index contributed by atoms with van der Waals surface area (Å²) < 4.78 is 1.89. The van der Waals surface area contributed by atoms with E-state index in [1.54, 1.807) is 6.20 Å². The van der Waals surface area contributed by atoms with E-state index in [0.29, 0.717) is 16.5 Å². The smallest absolute Gasteiger partial charge is 0.159 e. The predicted octanol–water partition coefficient (Wildman–Crippen LogP) is 5.04. The molecule has 4 aromatic rings. The van der Waals surface area contributed by atoms with Crippen molar-refractivity contribution in [2.24, 2.45) is 0 Å². The van der Waals surface area contributed by atoms with Crippen LogP contribution in [0.15, 0.2) is 67.0 Å². The molecule has 150 valence electrons. The molecule has 5 nitrogen and oxygen atoms in total. The minimum Gasteiger partial charge on any atom is -0.309 e. The van der Waals surface area contributed by atoms with Crippen molar-refractivity contribution in [3.8, 4) is 22.6 Å². The third-order valence-corrected chi connectivity index (χ3v) is 5.53. The van der Waals surface area contributed by atoms with Gasteiger partial charge in [-0.1, -0.05) is 35.9 Å². The maximum absolute atomic E-state index is 11.7. The summed E-state index contributed by atoms with van der Waals surface area (Å²) in [6, 6.07) is 17.4. The molecule has 2 heterocycles. The van der Waals surface area contributed by atoms with Gasteiger partial charge in [0.2, 0.25) is 0 Å². The summed E-state index contributed by atoms with van der Waals surface area (Å²) in [5.74, 6) is 2.74. The lowest BCUT2D eigenvalue weighted by atomic mass is 10.1. The highest BCUT2D eigenvalue weighted by molar-refractivity contribution is 6.30. The zero-order valence-electron chi connectivity index (χ0n) is 17.0. The second kappa shape index (κ2) is 8.25. The van der Waals surface area contributed by atoms with Gasteiger partial charge in [-0.2, -0.15) is 0 Å². The van der Waals surface area contributed by atoms with Crippen molar-refractivity contribution in [3.05, 3.63) is 72.0 Å². The van der Waals surface area contributed by atoms with Gasteiger partial charge in [0.25, 0.3) is 0 Å². The third kappa shape index (κ3) is 3.79. The summed E-state index contributed by atoms with van der Waals surface area (Å²) in [5.41, 5.74) is 4.14. The van der Waals surface area contributed by atoms with Gasteiger partial charge in [-0.05, 0) is 51.4 Å². The summed E-state index contributed by atoms with van der Waals surface area (Å²) in [7, 11) is 3.88. The van der Waals surface area contributed by atoms with E-state index in [0.717, 1.165) is 27.7 Å². The Morgan fingerprint density at radius 2 is 1.80 bits per heavy atom. The minimum atomic E-state index is -0.0776. The van der Waals surface area contributed by atoms with Gasteiger partial charge in [-0.25, -0.2) is 14.8 Å². The Kier molecular flexibility index (Phi) is 5.51. The van der Waals surface area contributed by atoms with E-state index in [-0.39, 0.29) is 6.04 Å². The number of aromatic nitrogens is 3. The number of hydrogen-bond acceptors (Lipinski definition) is 4. The molecule has 0 fully saturated rings. The molecule has 0 radical (unpaired) electrons. The average molecular weight is 417 g/mol. The monoisotopic (exact) mass is 416 g/mol. The number of likely N-dealkylation sites (N-methyl/N-ethyl adjacent to an activating group) is 1. The van der Waals surface area contributed by atoms with Crippen molar-refractivity contribution >= 4 is 34.1 Å². The van der Waals surface area contributed by atoms with Crippen LogP contribution in [-0.4, -0.2) is 45.5 Å². The Bertz CT molecular complexity index is 1250. The first kappa shape index (κ1) is 20.0. The summed E-state index contributed by atoms with van der Waals surface area (Å²) in [5, 5.41) is 1.72. The molecule has 0 spiro atoms. The van der Waals surface area contributed by atoms with Gasteiger partial charge in [0.1, 0.15) is 11.6 Å². The van der Waals surface area contributed by atoms with Crippen molar-refractivity contribution in [2.75, 3.05) is 14.1 Å². The molecule has 6 heteroatoms. The number of fused-ring (bicyclic) bond motifs is 1. The molecule has 0 aliphatic carbocycles. The fourth-order valence-electron chi connectivity index (χ4n) is 3.34. The second-order valence-corrected chi connectivity index (χ2v) is 7.80. The molecule has 2 aromatic heterocycles. The maximum atomic E-state index is 11.7. The molecule has 0 saturated heterocycles. The van der Waals surface area contributed by atoms with Crippen LogP contribution in [0.5, 0.6) is 0 Å². The molecule has 0 saturated carbocycles. The van der Waals surface area contributed by atoms with E-state index in [9.17, 15) is 4.79 Å². The zero-order chi connectivity index (χ0) is 21.3. The van der Waals surface area contributed by atoms with Crippen LogP contribution in [0.25, 0.3) is 39.2 Å². The predicted molar refractivity (Wildman–Crippen MR) is 122 cm³/mol. The standard InChI is InChI=1S/C24H21ClN4O/c1-16(28(2)3)23(15-30)29-13-11-18-4-5-19(14-22(18)29)24-26-12-10-21(27-24)17-6-8-20(25)9-7-17/h4-14,16H,1-3H3. The SMILES string of the molecule is CC(C(=C=O)n1ccc2ccc(-c3nccc(-c4ccc(Cl)cc4)n3)cc21)N(C)C. The van der Waals surface area contributed by atoms with Crippen molar-refractivity contribution in [1.29, 1.82) is 0 Å². The van der Waals surface area contributed by atoms with Gasteiger partial charge in [0.15, 0.2) is 5.82 Å². The van der Waals surface area contributed by atoms with Crippen LogP contribution in [0.1, 0.15) is 6.92 Å². The Morgan fingerprint density at radius 3 is 2.50 bits per heavy atom. The first-order chi connectivity index (χ1) is 14.5. The second-order valence-electron chi connectivity index (χ2n) is 7.36. The topological polar surface area (TPSA) is 51.0 Å². The van der Waals surface area contributed by atoms with Gasteiger partial charge < -0.3 is 9.47 Å². The molecular weight excluding hydrogens is 396 g/mol. The molecule has 4 rings (SSSR count). The van der Waals surface area contributed by atoms with E-state index in [4.69, 9.17) is 16.6 Å². The summed E-state index contributed by atoms with van der Waals surface area (Å²) in [4.78, 5) is 22.9. The Morgan fingerprint density at radius 1 is 1.07 bits per heavy atom. The molecule has 0 aliphatic rings. The van der Waals surface area contributed by atoms with Crippen molar-refractivity contribution in [1.82, 2.24) is 19.4 Å². The fourth-order valence-corrected chi connectivity index (χ4v) is 3.46. The van der Waals surface area contributed by atoms with Gasteiger partial charge in [-0.15, -0.1) is 0 Å². The molecule has 0 amide bonds. The lowest BCUT2D eigenvalue weighted by Gasteiger charge is -2.21. The van der Waals surface area contributed by atoms with E-state index < -0.39 is 0 Å². The van der Waals surface area contributed by atoms with Crippen LogP contribution >= 0.6 is 11.6 Å². The first-order valence-corrected chi connectivity index (χ1v) is 9.98. The molecule has 30 heavy (non-hydrogen) atoms. The summed E-state index contributed by atoms with van der Waals surface area (Å²) in [6.07, 6.45) is 3.65. The number of rotatable bonds is 5. The molecule has 0 bridgehead atoms. The number of hydrogen-bond donors (Lipinski definition) is 0. The quantitative estimate of drug-likeness (QED) is 0.427. The lowest BCUT2D eigenvalue weighted by Crippen LogP contribution is -2.28. The van der Waals surface area contributed by atoms with Crippen LogP contribution in [0.2, 0.25) is 5.02 Å². The molecule has 1 unspecified atom stereocenters. The zero-order valence-corrected chi connectivity index (χ0v) is 17.8. The van der Waals surface area contributed by atoms with Crippen molar-refractivity contribution in [2.45, 2.75) is 13.0 Å². The van der Waals surface area contributed by atoms with Gasteiger partial charge in [-0.3, -0.25) is 0 Å². The van der Waals surface area contributed by atoms with E-state index >= 15 is 0 Å². The van der Waals surface area contributed by atoms with E-state index in [1.807, 2.05) is 91.3 Å². The molecule has 0 aliphatic heterocycles. The van der Waals surface area contributed by atoms with E-state index in [1.165, 1.54) is 0 Å². The fraction of sp³-hybridized carbons (Fsp3) is 0.167. The van der Waals surface area contributed by atoms with E-state index in [2.05, 4.69) is 10.9 Å². The Hall–Kier alpha value is -3.24. The van der Waals surface area contributed by atoms with Crippen LogP contribution in [-0.2, 0) is 4.79 Å². The normalized spacial score (nSPS) is 12.2. The summed E-state index contributed by atoms with van der Waals surface area (Å²) >= 11 is 6.00. The Labute approximate surface area is 180 Å². The van der Waals surface area contributed by atoms with Gasteiger partial charge >= 0.3 is 0 Å². The van der Waals surface area contributed by atoms with Crippen LogP contribution in [0.3, 0.4) is 0 Å². The lowest BCUT2D eigenvalue weighted by molar-refractivity contribution is 0.366. The molecule has 0 N–H and O–H groups in total. The largest absolute Gasteiger partial charge is 0.309 e. The summed E-state index contributed by atoms with van der Waals surface area (Å²) in [6.45, 7) is 1.98. The number of halogens is 1. The Balaban J connectivity index is 1.78. The van der Waals surface area contributed by atoms with Crippen LogP contribution in [0.4, 0.5) is 0 Å². The van der Waals surface area contributed by atoms with Crippen LogP contribution in [0, 0.1) is 0 Å². The third-order valence-electron chi connectivity index (χ3n) is 5.28. The van der Waals surface area contributed by atoms with Crippen molar-refractivity contribution in [3.63, 3.8) is 0 Å². The molecule has 1 atom stereocenters. The van der Waals surface area contributed by atoms with Crippen LogP contribution < -0.4 is 0 Å².